The van der Waals surface area contributed by atoms with Gasteiger partial charge in [0.2, 0.25) is 0 Å². The van der Waals surface area contributed by atoms with Gasteiger partial charge in [-0.2, -0.15) is 5.10 Å². The number of nitrogens with zero attached hydrogens (tertiary/aromatic N) is 1. The second kappa shape index (κ2) is 9.79. The van der Waals surface area contributed by atoms with Gasteiger partial charge in [-0.3, -0.25) is 10.5 Å². The van der Waals surface area contributed by atoms with Crippen LogP contribution >= 0.6 is 0 Å². The summed E-state index contributed by atoms with van der Waals surface area (Å²) in [6.07, 6.45) is 0.802. The molecule has 0 bridgehead atoms. The average molecular weight is 457 g/mol. The van der Waals surface area contributed by atoms with Crippen LogP contribution in [0, 0.1) is 5.41 Å². The number of hydrogen-bond donors (Lipinski definition) is 3. The van der Waals surface area contributed by atoms with E-state index in [4.69, 9.17) is 20.6 Å². The Balaban J connectivity index is 1.87. The molecule has 1 heterocycles. The van der Waals surface area contributed by atoms with Crippen LogP contribution in [0.2, 0.25) is 0 Å². The predicted octanol–water partition coefficient (Wildman–Crippen LogP) is 5.24. The van der Waals surface area contributed by atoms with Crippen molar-refractivity contribution < 1.29 is 14.3 Å². The summed E-state index contributed by atoms with van der Waals surface area (Å²) in [7, 11) is 1.57. The number of carbonyl (C=O) groups excluding carboxylic acids is 1. The zero-order valence-corrected chi connectivity index (χ0v) is 19.5. The standard InChI is InChI=1S/C27H28N4O3/c1-4-18(25-22-12-10-16(26(28)29)14-24(22)30-31-25)19-8-6-7-9-20(19)21-13-11-17(33-3)15-23(21)27(32)34-5-2/h6-15,18H,4-5H2,1-3H3,(H3,28,29)(H,30,31). The van der Waals surface area contributed by atoms with Crippen molar-refractivity contribution >= 4 is 22.7 Å². The normalized spacial score (nSPS) is 11.9. The molecule has 34 heavy (non-hydrogen) atoms. The first-order chi connectivity index (χ1) is 16.5. The van der Waals surface area contributed by atoms with E-state index in [-0.39, 0.29) is 24.3 Å². The van der Waals surface area contributed by atoms with E-state index < -0.39 is 0 Å². The van der Waals surface area contributed by atoms with Crippen molar-refractivity contribution in [2.45, 2.75) is 26.2 Å². The fraction of sp³-hybridized carbons (Fsp3) is 0.222. The van der Waals surface area contributed by atoms with Gasteiger partial charge < -0.3 is 15.2 Å². The van der Waals surface area contributed by atoms with Gasteiger partial charge >= 0.3 is 5.97 Å². The van der Waals surface area contributed by atoms with Crippen LogP contribution in [0.3, 0.4) is 0 Å². The molecule has 4 aromatic rings. The number of fused-ring (bicyclic) bond motifs is 1. The number of hydrogen-bond acceptors (Lipinski definition) is 5. The van der Waals surface area contributed by atoms with Crippen LogP contribution in [-0.2, 0) is 4.74 Å². The van der Waals surface area contributed by atoms with Crippen LogP contribution in [0.4, 0.5) is 0 Å². The third-order valence-corrected chi connectivity index (χ3v) is 5.99. The summed E-state index contributed by atoms with van der Waals surface area (Å²) in [4.78, 5) is 12.8. The number of aromatic amines is 1. The molecule has 4 rings (SSSR count). The van der Waals surface area contributed by atoms with Crippen LogP contribution < -0.4 is 10.5 Å². The summed E-state index contributed by atoms with van der Waals surface area (Å²) >= 11 is 0. The van der Waals surface area contributed by atoms with Crippen molar-refractivity contribution in [3.8, 4) is 16.9 Å². The lowest BCUT2D eigenvalue weighted by atomic mass is 9.84. The first-order valence-corrected chi connectivity index (χ1v) is 11.2. The van der Waals surface area contributed by atoms with Crippen molar-refractivity contribution in [3.63, 3.8) is 0 Å². The zero-order valence-electron chi connectivity index (χ0n) is 19.5. The zero-order chi connectivity index (χ0) is 24.2. The third kappa shape index (κ3) is 4.24. The molecule has 0 aliphatic rings. The van der Waals surface area contributed by atoms with Crippen LogP contribution in [0.25, 0.3) is 22.0 Å². The molecule has 1 aromatic heterocycles. The van der Waals surface area contributed by atoms with Crippen LogP contribution in [0.15, 0.2) is 60.7 Å². The average Bonchev–Trinajstić information content (AvgIpc) is 3.27. The minimum absolute atomic E-state index is 0.0152. The number of aromatic nitrogens is 2. The molecule has 3 aromatic carbocycles. The number of rotatable bonds is 8. The maximum Gasteiger partial charge on any atom is 0.338 e. The molecule has 1 unspecified atom stereocenters. The SMILES string of the molecule is CCOC(=O)c1cc(OC)ccc1-c1ccccc1C(CC)c1n[nH]c2cc(C(=N)N)ccc12. The highest BCUT2D eigenvalue weighted by atomic mass is 16.5. The summed E-state index contributed by atoms with van der Waals surface area (Å²) < 4.78 is 10.7. The Labute approximate surface area is 198 Å². The van der Waals surface area contributed by atoms with E-state index in [1.165, 1.54) is 0 Å². The van der Waals surface area contributed by atoms with Gasteiger partial charge in [0.25, 0.3) is 0 Å². The number of carbonyl (C=O) groups is 1. The summed E-state index contributed by atoms with van der Waals surface area (Å²) in [6.45, 7) is 4.20. The highest BCUT2D eigenvalue weighted by molar-refractivity contribution is 6.00. The smallest absolute Gasteiger partial charge is 0.338 e. The lowest BCUT2D eigenvalue weighted by molar-refractivity contribution is 0.0527. The fourth-order valence-electron chi connectivity index (χ4n) is 4.34. The van der Waals surface area contributed by atoms with Crippen molar-refractivity contribution in [2.24, 2.45) is 5.73 Å². The third-order valence-electron chi connectivity index (χ3n) is 5.99. The summed E-state index contributed by atoms with van der Waals surface area (Å²) in [5.41, 5.74) is 11.3. The fourth-order valence-corrected chi connectivity index (χ4v) is 4.34. The molecule has 0 saturated carbocycles. The molecular formula is C27H28N4O3. The maximum atomic E-state index is 12.8. The molecule has 0 spiro atoms. The lowest BCUT2D eigenvalue weighted by Crippen LogP contribution is -2.10. The number of ether oxygens (including phenoxy) is 2. The Morgan fingerprint density at radius 2 is 1.88 bits per heavy atom. The van der Waals surface area contributed by atoms with Gasteiger partial charge in [0.15, 0.2) is 0 Å². The second-order valence-electron chi connectivity index (χ2n) is 7.96. The topological polar surface area (TPSA) is 114 Å². The maximum absolute atomic E-state index is 12.8. The molecule has 0 amide bonds. The Kier molecular flexibility index (Phi) is 6.63. The molecule has 0 aliphatic heterocycles. The number of esters is 1. The molecule has 0 saturated heterocycles. The quantitative estimate of drug-likeness (QED) is 0.191. The van der Waals surface area contributed by atoms with Crippen molar-refractivity contribution in [2.75, 3.05) is 13.7 Å². The van der Waals surface area contributed by atoms with E-state index in [0.29, 0.717) is 16.9 Å². The van der Waals surface area contributed by atoms with Gasteiger partial charge in [-0.15, -0.1) is 0 Å². The lowest BCUT2D eigenvalue weighted by Gasteiger charge is -2.20. The molecule has 1 atom stereocenters. The van der Waals surface area contributed by atoms with Gasteiger partial charge in [0.1, 0.15) is 11.6 Å². The second-order valence-corrected chi connectivity index (χ2v) is 7.96. The Morgan fingerprint density at radius 3 is 2.59 bits per heavy atom. The number of benzene rings is 3. The van der Waals surface area contributed by atoms with Gasteiger partial charge in [-0.05, 0) is 54.3 Å². The predicted molar refractivity (Wildman–Crippen MR) is 134 cm³/mol. The van der Waals surface area contributed by atoms with Crippen LogP contribution in [0.5, 0.6) is 5.75 Å². The van der Waals surface area contributed by atoms with Crippen molar-refractivity contribution in [3.05, 3.63) is 83.0 Å². The van der Waals surface area contributed by atoms with E-state index in [1.54, 1.807) is 20.1 Å². The minimum atomic E-state index is -0.388. The number of amidine groups is 1. The van der Waals surface area contributed by atoms with Crippen molar-refractivity contribution in [1.82, 2.24) is 10.2 Å². The number of nitrogens with one attached hydrogen (secondary N) is 2. The molecule has 0 radical (unpaired) electrons. The first-order valence-electron chi connectivity index (χ1n) is 11.2. The summed E-state index contributed by atoms with van der Waals surface area (Å²) in [5, 5.41) is 16.4. The van der Waals surface area contributed by atoms with E-state index in [2.05, 4.69) is 23.2 Å². The molecule has 4 N–H and O–H groups in total. The molecular weight excluding hydrogens is 428 g/mol. The largest absolute Gasteiger partial charge is 0.497 e. The van der Waals surface area contributed by atoms with Crippen molar-refractivity contribution in [1.29, 1.82) is 5.41 Å². The van der Waals surface area contributed by atoms with Gasteiger partial charge in [0.05, 0.1) is 30.5 Å². The van der Waals surface area contributed by atoms with Crippen LogP contribution in [0.1, 0.15) is 53.4 Å². The molecule has 0 aliphatic carbocycles. The Hall–Kier alpha value is -4.13. The van der Waals surface area contributed by atoms with Gasteiger partial charge in [-0.25, -0.2) is 4.79 Å². The highest BCUT2D eigenvalue weighted by Gasteiger charge is 2.24. The Morgan fingerprint density at radius 1 is 1.09 bits per heavy atom. The van der Waals surface area contributed by atoms with E-state index in [1.807, 2.05) is 48.5 Å². The number of nitrogens with two attached hydrogens (primary N) is 1. The summed E-state index contributed by atoms with van der Waals surface area (Å²) in [5.74, 6) is 0.198. The number of H-pyrrole nitrogens is 1. The number of methoxy groups -OCH3 is 1. The first kappa shape index (κ1) is 23.0. The van der Waals surface area contributed by atoms with Gasteiger partial charge in [-0.1, -0.05) is 43.3 Å². The molecule has 7 nitrogen and oxygen atoms in total. The monoisotopic (exact) mass is 456 g/mol. The highest BCUT2D eigenvalue weighted by Crippen LogP contribution is 2.39. The minimum Gasteiger partial charge on any atom is -0.497 e. The van der Waals surface area contributed by atoms with Gasteiger partial charge in [0, 0.05) is 16.9 Å². The van der Waals surface area contributed by atoms with E-state index in [9.17, 15) is 4.79 Å². The molecule has 174 valence electrons. The molecule has 7 heteroatoms. The van der Waals surface area contributed by atoms with E-state index >= 15 is 0 Å². The summed E-state index contributed by atoms with van der Waals surface area (Å²) in [6, 6.07) is 19.2. The number of nitrogen functional groups attached to an aromatic ring is 1. The Bertz CT molecular complexity index is 1360. The van der Waals surface area contributed by atoms with E-state index in [0.717, 1.165) is 39.7 Å². The van der Waals surface area contributed by atoms with Crippen LogP contribution in [-0.4, -0.2) is 35.7 Å². The molecule has 0 fully saturated rings.